The van der Waals surface area contributed by atoms with Gasteiger partial charge in [0, 0.05) is 10.0 Å². The summed E-state index contributed by atoms with van der Waals surface area (Å²) in [4.78, 5) is 0. The van der Waals surface area contributed by atoms with Crippen LogP contribution in [0.5, 0.6) is 0 Å². The first kappa shape index (κ1) is 13.1. The topological polar surface area (TPSA) is 41.6 Å². The number of aryl methyl sites for hydroxylation is 2. The van der Waals surface area contributed by atoms with Crippen molar-refractivity contribution in [1.82, 2.24) is 9.78 Å². The molecule has 1 heterocycles. The van der Waals surface area contributed by atoms with Crippen LogP contribution in [0.4, 0.5) is 0 Å². The molecule has 0 amide bonds. The summed E-state index contributed by atoms with van der Waals surface area (Å²) < 4.78 is 2.67. The largest absolute Gasteiger partial charge is 0.222 e. The molecular formula is C13H11BrClN3. The van der Waals surface area contributed by atoms with Crippen molar-refractivity contribution in [1.29, 1.82) is 5.26 Å². The standard InChI is InChI=1S/C13H11BrClN3/c1-8-3-4-10(7-12(8)14)18-13(15)11(5-6-16)9(2)17-18/h3-4,7H,5H2,1-2H3. The van der Waals surface area contributed by atoms with Crippen LogP contribution in [-0.2, 0) is 6.42 Å². The van der Waals surface area contributed by atoms with Crippen molar-refractivity contribution in [2.45, 2.75) is 20.3 Å². The van der Waals surface area contributed by atoms with Crippen LogP contribution in [0.15, 0.2) is 22.7 Å². The summed E-state index contributed by atoms with van der Waals surface area (Å²) in [7, 11) is 0. The number of hydrogen-bond acceptors (Lipinski definition) is 2. The highest BCUT2D eigenvalue weighted by Crippen LogP contribution is 2.26. The van der Waals surface area contributed by atoms with Crippen molar-refractivity contribution < 1.29 is 0 Å². The normalized spacial score (nSPS) is 10.4. The van der Waals surface area contributed by atoms with Crippen LogP contribution in [0.2, 0.25) is 5.15 Å². The molecule has 18 heavy (non-hydrogen) atoms. The molecule has 5 heteroatoms. The van der Waals surface area contributed by atoms with Crippen LogP contribution in [-0.4, -0.2) is 9.78 Å². The predicted molar refractivity (Wildman–Crippen MR) is 75.1 cm³/mol. The average Bonchev–Trinajstić information content (AvgIpc) is 2.61. The molecule has 0 aliphatic heterocycles. The third-order valence-electron chi connectivity index (χ3n) is 2.78. The van der Waals surface area contributed by atoms with Gasteiger partial charge in [-0.2, -0.15) is 10.4 Å². The Hall–Kier alpha value is -1.31. The van der Waals surface area contributed by atoms with Crippen molar-refractivity contribution in [2.75, 3.05) is 0 Å². The van der Waals surface area contributed by atoms with E-state index >= 15 is 0 Å². The molecule has 1 aromatic carbocycles. The van der Waals surface area contributed by atoms with E-state index in [4.69, 9.17) is 16.9 Å². The Morgan fingerprint density at radius 1 is 1.44 bits per heavy atom. The fourth-order valence-corrected chi connectivity index (χ4v) is 2.40. The highest BCUT2D eigenvalue weighted by atomic mass is 79.9. The molecular weight excluding hydrogens is 314 g/mol. The fourth-order valence-electron chi connectivity index (χ4n) is 1.70. The van der Waals surface area contributed by atoms with Gasteiger partial charge in [0.15, 0.2) is 0 Å². The van der Waals surface area contributed by atoms with E-state index in [0.29, 0.717) is 5.15 Å². The Morgan fingerprint density at radius 2 is 2.17 bits per heavy atom. The van der Waals surface area contributed by atoms with Gasteiger partial charge in [-0.25, -0.2) is 4.68 Å². The van der Waals surface area contributed by atoms with Gasteiger partial charge >= 0.3 is 0 Å². The second-order valence-corrected chi connectivity index (χ2v) is 5.25. The quantitative estimate of drug-likeness (QED) is 0.838. The number of hydrogen-bond donors (Lipinski definition) is 0. The molecule has 0 aliphatic carbocycles. The first-order chi connectivity index (χ1) is 8.54. The number of nitriles is 1. The number of rotatable bonds is 2. The molecule has 1 aromatic heterocycles. The third-order valence-corrected chi connectivity index (χ3v) is 4.02. The first-order valence-corrected chi connectivity index (χ1v) is 6.59. The minimum absolute atomic E-state index is 0.275. The van der Waals surface area contributed by atoms with E-state index in [0.717, 1.165) is 27.0 Å². The van der Waals surface area contributed by atoms with Crippen LogP contribution in [0, 0.1) is 25.2 Å². The molecule has 0 spiro atoms. The molecule has 0 bridgehead atoms. The van der Waals surface area contributed by atoms with Crippen LogP contribution in [0.1, 0.15) is 16.8 Å². The van der Waals surface area contributed by atoms with Crippen molar-refractivity contribution in [3.8, 4) is 11.8 Å². The lowest BCUT2D eigenvalue weighted by atomic mass is 10.2. The van der Waals surface area contributed by atoms with Crippen LogP contribution in [0.3, 0.4) is 0 Å². The maximum absolute atomic E-state index is 8.78. The summed E-state index contributed by atoms with van der Waals surface area (Å²) in [5.41, 5.74) is 3.61. The van der Waals surface area contributed by atoms with Gasteiger partial charge < -0.3 is 0 Å². The monoisotopic (exact) mass is 323 g/mol. The Morgan fingerprint density at radius 3 is 2.78 bits per heavy atom. The van der Waals surface area contributed by atoms with Crippen molar-refractivity contribution in [3.63, 3.8) is 0 Å². The summed E-state index contributed by atoms with van der Waals surface area (Å²) in [6.45, 7) is 3.88. The van der Waals surface area contributed by atoms with Crippen LogP contribution >= 0.6 is 27.5 Å². The summed E-state index contributed by atoms with van der Waals surface area (Å²) in [5, 5.41) is 13.7. The van der Waals surface area contributed by atoms with E-state index in [9.17, 15) is 0 Å². The Labute approximate surface area is 119 Å². The molecule has 0 atom stereocenters. The van der Waals surface area contributed by atoms with Crippen molar-refractivity contribution >= 4 is 27.5 Å². The van der Waals surface area contributed by atoms with Crippen LogP contribution < -0.4 is 0 Å². The van der Waals surface area contributed by atoms with Gasteiger partial charge in [0.1, 0.15) is 5.15 Å². The lowest BCUT2D eigenvalue weighted by Crippen LogP contribution is -1.97. The third kappa shape index (κ3) is 2.29. The molecule has 92 valence electrons. The van der Waals surface area contributed by atoms with Gasteiger partial charge in [0.05, 0.1) is 23.9 Å². The molecule has 0 N–H and O–H groups in total. The number of benzene rings is 1. The zero-order chi connectivity index (χ0) is 13.3. The zero-order valence-corrected chi connectivity index (χ0v) is 12.4. The minimum Gasteiger partial charge on any atom is -0.222 e. The number of halogens is 2. The molecule has 0 aliphatic rings. The van der Waals surface area contributed by atoms with Crippen LogP contribution in [0.25, 0.3) is 5.69 Å². The SMILES string of the molecule is Cc1ccc(-n2nc(C)c(CC#N)c2Cl)cc1Br. The highest BCUT2D eigenvalue weighted by Gasteiger charge is 2.14. The number of aromatic nitrogens is 2. The van der Waals surface area contributed by atoms with E-state index in [1.165, 1.54) is 0 Å². The second kappa shape index (κ2) is 5.13. The molecule has 3 nitrogen and oxygen atoms in total. The Balaban J connectivity index is 2.55. The first-order valence-electron chi connectivity index (χ1n) is 5.42. The smallest absolute Gasteiger partial charge is 0.137 e. The van der Waals surface area contributed by atoms with E-state index in [1.807, 2.05) is 32.0 Å². The van der Waals surface area contributed by atoms with Gasteiger partial charge in [-0.3, -0.25) is 0 Å². The maximum atomic E-state index is 8.78. The molecule has 2 rings (SSSR count). The molecule has 0 saturated carbocycles. The zero-order valence-electron chi connectivity index (χ0n) is 10.0. The summed E-state index contributed by atoms with van der Waals surface area (Å²) in [6.07, 6.45) is 0.275. The average molecular weight is 325 g/mol. The van der Waals surface area contributed by atoms with E-state index in [1.54, 1.807) is 4.68 Å². The minimum atomic E-state index is 0.275. The summed E-state index contributed by atoms with van der Waals surface area (Å²) >= 11 is 9.76. The molecule has 0 radical (unpaired) electrons. The second-order valence-electron chi connectivity index (χ2n) is 4.03. The Kier molecular flexibility index (Phi) is 3.74. The summed E-state index contributed by atoms with van der Waals surface area (Å²) in [6, 6.07) is 8.02. The number of nitrogens with zero attached hydrogens (tertiary/aromatic N) is 3. The van der Waals surface area contributed by atoms with Crippen molar-refractivity contribution in [3.05, 3.63) is 44.6 Å². The van der Waals surface area contributed by atoms with Gasteiger partial charge in [0.25, 0.3) is 0 Å². The molecule has 0 fully saturated rings. The fraction of sp³-hybridized carbons (Fsp3) is 0.231. The summed E-state index contributed by atoms with van der Waals surface area (Å²) in [5.74, 6) is 0. The molecule has 0 unspecified atom stereocenters. The lowest BCUT2D eigenvalue weighted by Gasteiger charge is -2.05. The van der Waals surface area contributed by atoms with Gasteiger partial charge in [-0.05, 0) is 31.5 Å². The van der Waals surface area contributed by atoms with E-state index in [2.05, 4.69) is 27.1 Å². The van der Waals surface area contributed by atoms with E-state index < -0.39 is 0 Å². The van der Waals surface area contributed by atoms with E-state index in [-0.39, 0.29) is 6.42 Å². The van der Waals surface area contributed by atoms with Crippen molar-refractivity contribution in [2.24, 2.45) is 0 Å². The lowest BCUT2D eigenvalue weighted by molar-refractivity contribution is 0.862. The van der Waals surface area contributed by atoms with Gasteiger partial charge in [-0.15, -0.1) is 0 Å². The maximum Gasteiger partial charge on any atom is 0.137 e. The molecule has 2 aromatic rings. The highest BCUT2D eigenvalue weighted by molar-refractivity contribution is 9.10. The Bertz CT molecular complexity index is 640. The van der Waals surface area contributed by atoms with Gasteiger partial charge in [-0.1, -0.05) is 33.6 Å². The predicted octanol–water partition coefficient (Wildman–Crippen LogP) is 3.97. The van der Waals surface area contributed by atoms with Gasteiger partial charge in [0.2, 0.25) is 0 Å². The molecule has 0 saturated heterocycles.